The highest BCUT2D eigenvalue weighted by molar-refractivity contribution is 7.89. The third-order valence-electron chi connectivity index (χ3n) is 2.35. The van der Waals surface area contributed by atoms with E-state index in [9.17, 15) is 8.42 Å². The van der Waals surface area contributed by atoms with Crippen LogP contribution in [0.4, 0.5) is 0 Å². The van der Waals surface area contributed by atoms with E-state index in [1.165, 1.54) is 0 Å². The van der Waals surface area contributed by atoms with Gasteiger partial charge in [-0.1, -0.05) is 31.4 Å². The Morgan fingerprint density at radius 1 is 1.35 bits per heavy atom. The van der Waals surface area contributed by atoms with Crippen molar-refractivity contribution in [1.29, 1.82) is 0 Å². The molecule has 1 unspecified atom stereocenters. The van der Waals surface area contributed by atoms with Crippen molar-refractivity contribution in [3.05, 3.63) is 29.8 Å². The van der Waals surface area contributed by atoms with Crippen LogP contribution in [0.5, 0.6) is 0 Å². The Hall–Kier alpha value is -1.31. The largest absolute Gasteiger partial charge is 0.241 e. The first kappa shape index (κ1) is 13.8. The van der Waals surface area contributed by atoms with Crippen LogP contribution in [-0.4, -0.2) is 14.5 Å². The molecule has 17 heavy (non-hydrogen) atoms. The molecule has 4 heteroatoms. The number of rotatable bonds is 5. The van der Waals surface area contributed by atoms with Crippen molar-refractivity contribution in [1.82, 2.24) is 4.72 Å². The first-order valence-corrected chi connectivity index (χ1v) is 7.05. The standard InChI is InChI=1S/C13H17NO2S/c1-4-6-12-7-9-13(10-8-12)17(15,16)14-11(3)5-2/h2,7-11,14H,4,6H2,1,3H3. The lowest BCUT2D eigenvalue weighted by Gasteiger charge is -2.09. The second-order valence-corrected chi connectivity index (χ2v) is 5.62. The first-order chi connectivity index (χ1) is 7.99. The van der Waals surface area contributed by atoms with E-state index < -0.39 is 16.1 Å². The Bertz CT molecular complexity index is 497. The molecule has 3 nitrogen and oxygen atoms in total. The topological polar surface area (TPSA) is 46.2 Å². The zero-order valence-corrected chi connectivity index (χ0v) is 10.9. The number of benzene rings is 1. The van der Waals surface area contributed by atoms with Gasteiger partial charge in [-0.05, 0) is 31.0 Å². The van der Waals surface area contributed by atoms with Crippen LogP contribution in [0, 0.1) is 12.3 Å². The molecular formula is C13H17NO2S. The number of hydrogen-bond acceptors (Lipinski definition) is 2. The highest BCUT2D eigenvalue weighted by Crippen LogP contribution is 2.12. The SMILES string of the molecule is C#CC(C)NS(=O)(=O)c1ccc(CCC)cc1. The summed E-state index contributed by atoms with van der Waals surface area (Å²) >= 11 is 0. The minimum atomic E-state index is -3.50. The van der Waals surface area contributed by atoms with Gasteiger partial charge < -0.3 is 0 Å². The van der Waals surface area contributed by atoms with Crippen LogP contribution in [0.25, 0.3) is 0 Å². The Labute approximate surface area is 103 Å². The van der Waals surface area contributed by atoms with Gasteiger partial charge in [0.25, 0.3) is 0 Å². The third kappa shape index (κ3) is 3.88. The van der Waals surface area contributed by atoms with Crippen LogP contribution in [0.2, 0.25) is 0 Å². The quantitative estimate of drug-likeness (QED) is 0.813. The molecule has 0 aliphatic carbocycles. The van der Waals surface area contributed by atoms with E-state index in [2.05, 4.69) is 17.6 Å². The Kier molecular flexibility index (Phi) is 4.73. The smallest absolute Gasteiger partial charge is 0.207 e. The van der Waals surface area contributed by atoms with Crippen LogP contribution in [0.3, 0.4) is 0 Å². The lowest BCUT2D eigenvalue weighted by molar-refractivity contribution is 0.577. The molecule has 0 amide bonds. The maximum absolute atomic E-state index is 11.9. The molecule has 0 aliphatic heterocycles. The molecule has 92 valence electrons. The highest BCUT2D eigenvalue weighted by Gasteiger charge is 2.15. The van der Waals surface area contributed by atoms with Gasteiger partial charge in [0.15, 0.2) is 0 Å². The zero-order valence-electron chi connectivity index (χ0n) is 10.1. The molecular weight excluding hydrogens is 234 g/mol. The molecule has 0 radical (unpaired) electrons. The van der Waals surface area contributed by atoms with Crippen molar-refractivity contribution in [2.75, 3.05) is 0 Å². The summed E-state index contributed by atoms with van der Waals surface area (Å²) in [5.74, 6) is 2.33. The van der Waals surface area contributed by atoms with Gasteiger partial charge in [0.05, 0.1) is 10.9 Å². The lowest BCUT2D eigenvalue weighted by atomic mass is 10.1. The van der Waals surface area contributed by atoms with Crippen molar-refractivity contribution in [2.45, 2.75) is 37.6 Å². The summed E-state index contributed by atoms with van der Waals surface area (Å²) in [4.78, 5) is 0.249. The summed E-state index contributed by atoms with van der Waals surface area (Å²) in [5.41, 5.74) is 1.14. The number of sulfonamides is 1. The van der Waals surface area contributed by atoms with Gasteiger partial charge in [-0.3, -0.25) is 0 Å². The Balaban J connectivity index is 2.89. The first-order valence-electron chi connectivity index (χ1n) is 5.57. The zero-order chi connectivity index (χ0) is 12.9. The maximum atomic E-state index is 11.9. The Morgan fingerprint density at radius 2 is 1.94 bits per heavy atom. The van der Waals surface area contributed by atoms with Crippen molar-refractivity contribution in [2.24, 2.45) is 0 Å². The Morgan fingerprint density at radius 3 is 2.41 bits per heavy atom. The summed E-state index contributed by atoms with van der Waals surface area (Å²) in [6, 6.07) is 6.37. The van der Waals surface area contributed by atoms with Gasteiger partial charge in [-0.15, -0.1) is 6.42 Å². The van der Waals surface area contributed by atoms with Gasteiger partial charge in [-0.2, -0.15) is 4.72 Å². The van der Waals surface area contributed by atoms with Gasteiger partial charge in [0, 0.05) is 0 Å². The summed E-state index contributed by atoms with van der Waals surface area (Å²) in [6.07, 6.45) is 7.14. The van der Waals surface area contributed by atoms with E-state index >= 15 is 0 Å². The van der Waals surface area contributed by atoms with Crippen molar-refractivity contribution in [3.8, 4) is 12.3 Å². The molecule has 0 heterocycles. The molecule has 1 aromatic rings. The summed E-state index contributed by atoms with van der Waals surface area (Å²) in [7, 11) is -3.50. The van der Waals surface area contributed by atoms with E-state index in [-0.39, 0.29) is 4.90 Å². The molecule has 0 aromatic heterocycles. The average Bonchev–Trinajstić information content (AvgIpc) is 2.29. The molecule has 0 saturated carbocycles. The van der Waals surface area contributed by atoms with E-state index in [1.54, 1.807) is 19.1 Å². The van der Waals surface area contributed by atoms with E-state index in [4.69, 9.17) is 6.42 Å². The highest BCUT2D eigenvalue weighted by atomic mass is 32.2. The normalized spacial score (nSPS) is 13.0. The predicted octanol–water partition coefficient (Wildman–Crippen LogP) is 1.94. The summed E-state index contributed by atoms with van der Waals surface area (Å²) < 4.78 is 26.1. The monoisotopic (exact) mass is 251 g/mol. The van der Waals surface area contributed by atoms with E-state index in [0.717, 1.165) is 18.4 Å². The van der Waals surface area contributed by atoms with E-state index in [0.29, 0.717) is 0 Å². The van der Waals surface area contributed by atoms with Gasteiger partial charge >= 0.3 is 0 Å². The number of hydrogen-bond donors (Lipinski definition) is 1. The minimum absolute atomic E-state index is 0.249. The fourth-order valence-electron chi connectivity index (χ4n) is 1.46. The average molecular weight is 251 g/mol. The van der Waals surface area contributed by atoms with Crippen LogP contribution in [0.15, 0.2) is 29.2 Å². The van der Waals surface area contributed by atoms with Crippen molar-refractivity contribution >= 4 is 10.0 Å². The van der Waals surface area contributed by atoms with Gasteiger partial charge in [-0.25, -0.2) is 8.42 Å². The second-order valence-electron chi connectivity index (χ2n) is 3.90. The van der Waals surface area contributed by atoms with Gasteiger partial charge in [0.2, 0.25) is 10.0 Å². The molecule has 1 aromatic carbocycles. The molecule has 0 aliphatic rings. The number of nitrogens with one attached hydrogen (secondary N) is 1. The second kappa shape index (κ2) is 5.85. The van der Waals surface area contributed by atoms with Crippen LogP contribution in [0.1, 0.15) is 25.8 Å². The molecule has 0 saturated heterocycles. The third-order valence-corrected chi connectivity index (χ3v) is 3.91. The molecule has 1 rings (SSSR count). The van der Waals surface area contributed by atoms with Gasteiger partial charge in [0.1, 0.15) is 0 Å². The van der Waals surface area contributed by atoms with Crippen LogP contribution in [-0.2, 0) is 16.4 Å². The fourth-order valence-corrected chi connectivity index (χ4v) is 2.62. The predicted molar refractivity (Wildman–Crippen MR) is 69.1 cm³/mol. The summed E-state index contributed by atoms with van der Waals surface area (Å²) in [5, 5.41) is 0. The van der Waals surface area contributed by atoms with Crippen molar-refractivity contribution < 1.29 is 8.42 Å². The minimum Gasteiger partial charge on any atom is -0.207 e. The molecule has 0 bridgehead atoms. The van der Waals surface area contributed by atoms with Crippen LogP contribution >= 0.6 is 0 Å². The molecule has 0 spiro atoms. The van der Waals surface area contributed by atoms with E-state index in [1.807, 2.05) is 12.1 Å². The lowest BCUT2D eigenvalue weighted by Crippen LogP contribution is -2.31. The van der Waals surface area contributed by atoms with Crippen LogP contribution < -0.4 is 4.72 Å². The molecule has 1 atom stereocenters. The fraction of sp³-hybridized carbons (Fsp3) is 0.385. The molecule has 0 fully saturated rings. The molecule has 1 N–H and O–H groups in total. The number of aryl methyl sites for hydroxylation is 1. The maximum Gasteiger partial charge on any atom is 0.241 e. The summed E-state index contributed by atoms with van der Waals surface area (Å²) in [6.45, 7) is 3.71. The van der Waals surface area contributed by atoms with Crippen molar-refractivity contribution in [3.63, 3.8) is 0 Å². The number of terminal acetylenes is 1.